The summed E-state index contributed by atoms with van der Waals surface area (Å²) in [6.07, 6.45) is 5.44. The largest absolute Gasteiger partial charge is 0.489 e. The minimum atomic E-state index is -0.777. The molecule has 3 aromatic rings. The summed E-state index contributed by atoms with van der Waals surface area (Å²) in [6, 6.07) is 8.29. The number of hydrogen-bond donors (Lipinski definition) is 2. The highest BCUT2D eigenvalue weighted by Gasteiger charge is 2.29. The number of aromatic nitrogens is 2. The lowest BCUT2D eigenvalue weighted by atomic mass is 9.98. The summed E-state index contributed by atoms with van der Waals surface area (Å²) in [4.78, 5) is 16.8. The molecule has 2 aliphatic rings. The first-order valence-corrected chi connectivity index (χ1v) is 13.3. The molecule has 1 fully saturated rings. The zero-order valence-electron chi connectivity index (χ0n) is 20.4. The first-order valence-electron chi connectivity index (χ1n) is 12.1. The number of thiocarbonyl (C=S) groups is 1. The summed E-state index contributed by atoms with van der Waals surface area (Å²) >= 11 is 18.3. The number of imidazole rings is 1. The fourth-order valence-corrected chi connectivity index (χ4v) is 5.39. The van der Waals surface area contributed by atoms with E-state index in [0.717, 1.165) is 31.5 Å². The lowest BCUT2D eigenvalue weighted by molar-refractivity contribution is -0.114. The van der Waals surface area contributed by atoms with Gasteiger partial charge in [-0.25, -0.2) is 9.37 Å². The van der Waals surface area contributed by atoms with Crippen LogP contribution >= 0.6 is 35.4 Å². The molecule has 0 radical (unpaired) electrons. The number of allylic oxidation sites excluding steroid dienone is 2. The van der Waals surface area contributed by atoms with Gasteiger partial charge in [-0.2, -0.15) is 0 Å². The molecule has 7 nitrogen and oxygen atoms in total. The number of amides is 1. The molecule has 1 unspecified atom stereocenters. The Balaban J connectivity index is 1.45. The minimum absolute atomic E-state index is 0.0482. The second-order valence-electron chi connectivity index (χ2n) is 9.17. The summed E-state index contributed by atoms with van der Waals surface area (Å²) < 4.78 is 28.1. The number of hydrogen-bond acceptors (Lipinski definition) is 6. The standard InChI is InChI=1S/C27H25Cl2FN4O3S/c1-14(17-3-2-4-23(25(17)29)37-16-5-7-32-8-6-16)36-24-10-15(9-18(26(24)38)27(31)35)34-13-33-21-12-20(30)19(28)11-22(21)34/h2-4,9-14,16,24,32H,5-8H2,1H3,(H2,31,35)/t14-,24?/m1/s1. The summed E-state index contributed by atoms with van der Waals surface area (Å²) in [5.41, 5.74) is 7.99. The van der Waals surface area contributed by atoms with Crippen LogP contribution < -0.4 is 15.8 Å². The van der Waals surface area contributed by atoms with Crippen LogP contribution in [-0.4, -0.2) is 45.6 Å². The van der Waals surface area contributed by atoms with Crippen molar-refractivity contribution < 1.29 is 18.7 Å². The molecule has 5 rings (SSSR count). The first kappa shape index (κ1) is 26.8. The molecule has 2 aromatic carbocycles. The third-order valence-electron chi connectivity index (χ3n) is 6.63. The second-order valence-corrected chi connectivity index (χ2v) is 10.4. The Labute approximate surface area is 234 Å². The molecule has 38 heavy (non-hydrogen) atoms. The van der Waals surface area contributed by atoms with Crippen molar-refractivity contribution in [2.24, 2.45) is 5.73 Å². The van der Waals surface area contributed by atoms with Crippen molar-refractivity contribution in [1.29, 1.82) is 0 Å². The van der Waals surface area contributed by atoms with Gasteiger partial charge in [0.15, 0.2) is 0 Å². The molecule has 1 saturated heterocycles. The van der Waals surface area contributed by atoms with Crippen LogP contribution in [0.1, 0.15) is 31.4 Å². The summed E-state index contributed by atoms with van der Waals surface area (Å²) in [7, 11) is 0. The van der Waals surface area contributed by atoms with Gasteiger partial charge < -0.3 is 20.5 Å². The fraction of sp³-hybridized carbons (Fsp3) is 0.296. The average molecular weight is 575 g/mol. The summed E-state index contributed by atoms with van der Waals surface area (Å²) in [6.45, 7) is 3.65. The highest BCUT2D eigenvalue weighted by atomic mass is 35.5. The van der Waals surface area contributed by atoms with Crippen molar-refractivity contribution in [3.05, 3.63) is 75.8 Å². The van der Waals surface area contributed by atoms with E-state index in [1.165, 1.54) is 18.5 Å². The van der Waals surface area contributed by atoms with Gasteiger partial charge in [-0.1, -0.05) is 47.6 Å². The lowest BCUT2D eigenvalue weighted by Crippen LogP contribution is -2.34. The predicted molar refractivity (Wildman–Crippen MR) is 150 cm³/mol. The smallest absolute Gasteiger partial charge is 0.250 e. The number of primary amides is 1. The van der Waals surface area contributed by atoms with E-state index in [-0.39, 0.29) is 21.6 Å². The number of rotatable bonds is 7. The Bertz CT molecular complexity index is 1480. The third-order valence-corrected chi connectivity index (χ3v) is 7.78. The van der Waals surface area contributed by atoms with E-state index in [1.54, 1.807) is 16.7 Å². The first-order chi connectivity index (χ1) is 18.2. The number of piperidine rings is 1. The van der Waals surface area contributed by atoms with E-state index < -0.39 is 23.9 Å². The van der Waals surface area contributed by atoms with Crippen LogP contribution in [0.2, 0.25) is 10.0 Å². The maximum absolute atomic E-state index is 13.9. The number of benzene rings is 2. The predicted octanol–water partition coefficient (Wildman–Crippen LogP) is 5.40. The van der Waals surface area contributed by atoms with Crippen LogP contribution in [0.3, 0.4) is 0 Å². The molecule has 1 aliphatic heterocycles. The Morgan fingerprint density at radius 3 is 2.79 bits per heavy atom. The number of halogens is 3. The van der Waals surface area contributed by atoms with E-state index in [4.69, 9.17) is 50.6 Å². The van der Waals surface area contributed by atoms with Crippen LogP contribution in [0.5, 0.6) is 5.75 Å². The second kappa shape index (κ2) is 11.1. The van der Waals surface area contributed by atoms with E-state index in [1.807, 2.05) is 25.1 Å². The van der Waals surface area contributed by atoms with Crippen molar-refractivity contribution >= 4 is 62.9 Å². The molecule has 3 N–H and O–H groups in total. The normalized spacial score (nSPS) is 19.3. The van der Waals surface area contributed by atoms with Gasteiger partial charge in [0.05, 0.1) is 37.6 Å². The number of nitrogens with one attached hydrogen (secondary N) is 1. The molecular weight excluding hydrogens is 550 g/mol. The van der Waals surface area contributed by atoms with Gasteiger partial charge >= 0.3 is 0 Å². The zero-order valence-corrected chi connectivity index (χ0v) is 22.7. The van der Waals surface area contributed by atoms with Crippen LogP contribution in [0.4, 0.5) is 4.39 Å². The molecule has 1 aliphatic carbocycles. The molecule has 11 heteroatoms. The van der Waals surface area contributed by atoms with Crippen molar-refractivity contribution in [2.45, 2.75) is 38.1 Å². The Morgan fingerprint density at radius 1 is 1.29 bits per heavy atom. The van der Waals surface area contributed by atoms with Crippen LogP contribution in [0.25, 0.3) is 16.7 Å². The third kappa shape index (κ3) is 5.34. The molecule has 2 atom stereocenters. The SMILES string of the molecule is C[C@@H](OC1C=C(n2cnc3cc(F)c(Cl)cc32)C=C(C(N)=O)C1=S)c1cccc(OC2CCNCC2)c1Cl. The van der Waals surface area contributed by atoms with Gasteiger partial charge in [-0.3, -0.25) is 9.36 Å². The van der Waals surface area contributed by atoms with E-state index >= 15 is 0 Å². The number of carbonyl (C=O) groups excluding carboxylic acids is 1. The molecular formula is C27H25Cl2FN4O3S. The molecule has 0 spiro atoms. The van der Waals surface area contributed by atoms with Gasteiger partial charge in [0, 0.05) is 17.3 Å². The van der Waals surface area contributed by atoms with Gasteiger partial charge in [0.25, 0.3) is 0 Å². The number of nitrogens with two attached hydrogens (primary N) is 1. The Morgan fingerprint density at radius 2 is 2.05 bits per heavy atom. The van der Waals surface area contributed by atoms with E-state index in [2.05, 4.69) is 10.3 Å². The van der Waals surface area contributed by atoms with E-state index in [0.29, 0.717) is 27.5 Å². The van der Waals surface area contributed by atoms with Gasteiger partial charge in [-0.15, -0.1) is 0 Å². The topological polar surface area (TPSA) is 91.4 Å². The summed E-state index contributed by atoms with van der Waals surface area (Å²) in [5, 5.41) is 3.73. The Hall–Kier alpha value is -2.82. The molecule has 1 amide bonds. The quantitative estimate of drug-likeness (QED) is 0.367. The maximum Gasteiger partial charge on any atom is 0.250 e. The molecule has 0 saturated carbocycles. The van der Waals surface area contributed by atoms with E-state index in [9.17, 15) is 9.18 Å². The highest BCUT2D eigenvalue weighted by Crippen LogP contribution is 2.36. The zero-order chi connectivity index (χ0) is 27.0. The van der Waals surface area contributed by atoms with Crippen LogP contribution in [-0.2, 0) is 9.53 Å². The Kier molecular flexibility index (Phi) is 7.83. The maximum atomic E-state index is 13.9. The van der Waals surface area contributed by atoms with Gasteiger partial charge in [0.2, 0.25) is 5.91 Å². The monoisotopic (exact) mass is 574 g/mol. The van der Waals surface area contributed by atoms with Gasteiger partial charge in [0.1, 0.15) is 30.1 Å². The van der Waals surface area contributed by atoms with Crippen molar-refractivity contribution in [3.63, 3.8) is 0 Å². The minimum Gasteiger partial charge on any atom is -0.489 e. The fourth-order valence-electron chi connectivity index (χ4n) is 4.62. The van der Waals surface area contributed by atoms with Gasteiger partial charge in [-0.05, 0) is 57.1 Å². The number of ether oxygens (including phenoxy) is 2. The molecule has 1 aromatic heterocycles. The van der Waals surface area contributed by atoms with Crippen molar-refractivity contribution in [2.75, 3.05) is 13.1 Å². The van der Waals surface area contributed by atoms with Crippen molar-refractivity contribution in [3.8, 4) is 5.75 Å². The van der Waals surface area contributed by atoms with Crippen LogP contribution in [0, 0.1) is 5.82 Å². The average Bonchev–Trinajstić information content (AvgIpc) is 3.29. The van der Waals surface area contributed by atoms with Crippen LogP contribution in [0.15, 0.2) is 54.4 Å². The molecule has 0 bridgehead atoms. The lowest BCUT2D eigenvalue weighted by Gasteiger charge is -2.27. The summed E-state index contributed by atoms with van der Waals surface area (Å²) in [5.74, 6) is -0.665. The van der Waals surface area contributed by atoms with Crippen molar-refractivity contribution in [1.82, 2.24) is 14.9 Å². The number of fused-ring (bicyclic) bond motifs is 1. The number of carbonyl (C=O) groups is 1. The number of nitrogens with zero attached hydrogens (tertiary/aromatic N) is 2. The molecule has 2 heterocycles. The molecule has 198 valence electrons. The highest BCUT2D eigenvalue weighted by molar-refractivity contribution is 7.81.